The zero-order chi connectivity index (χ0) is 14.8. The number of nitrogens with zero attached hydrogens (tertiary/aromatic N) is 3. The smallest absolute Gasteiger partial charge is 0.338 e. The zero-order valence-corrected chi connectivity index (χ0v) is 11.3. The summed E-state index contributed by atoms with van der Waals surface area (Å²) in [6.07, 6.45) is 0. The van der Waals surface area contributed by atoms with Crippen molar-refractivity contribution >= 4 is 11.7 Å². The number of ether oxygens (including phenoxy) is 1. The lowest BCUT2D eigenvalue weighted by molar-refractivity contribution is 0.0526. The Hall–Kier alpha value is -2.05. The Labute approximate surface area is 116 Å². The number of alkyl halides is 2. The molecule has 0 aliphatic rings. The molecule has 20 heavy (non-hydrogen) atoms. The summed E-state index contributed by atoms with van der Waals surface area (Å²) in [5.74, 6) is -0.410. The Morgan fingerprint density at radius 2 is 1.80 bits per heavy atom. The highest BCUT2D eigenvalue weighted by atomic mass is 19.1. The Morgan fingerprint density at radius 1 is 1.20 bits per heavy atom. The van der Waals surface area contributed by atoms with E-state index < -0.39 is 19.3 Å². The molecule has 0 unspecified atom stereocenters. The third kappa shape index (κ3) is 5.29. The van der Waals surface area contributed by atoms with Gasteiger partial charge in [-0.05, 0) is 31.2 Å². The largest absolute Gasteiger partial charge is 0.462 e. The Kier molecular flexibility index (Phi) is 7.16. The summed E-state index contributed by atoms with van der Waals surface area (Å²) >= 11 is 0. The van der Waals surface area contributed by atoms with Crippen molar-refractivity contribution in [3.05, 3.63) is 29.8 Å². The molecule has 0 aliphatic carbocycles. The second-order valence-corrected chi connectivity index (χ2v) is 3.79. The van der Waals surface area contributed by atoms with E-state index in [1.807, 2.05) is 0 Å². The molecule has 0 atom stereocenters. The van der Waals surface area contributed by atoms with Gasteiger partial charge in [-0.2, -0.15) is 0 Å². The highest BCUT2D eigenvalue weighted by Gasteiger charge is 2.05. The topological polar surface area (TPSA) is 54.3 Å². The molecule has 0 bridgehead atoms. The van der Waals surface area contributed by atoms with E-state index in [1.54, 1.807) is 31.2 Å². The van der Waals surface area contributed by atoms with Crippen LogP contribution in [0, 0.1) is 0 Å². The lowest BCUT2D eigenvalue weighted by Gasteiger charge is -2.12. The van der Waals surface area contributed by atoms with Crippen LogP contribution >= 0.6 is 0 Å². The summed E-state index contributed by atoms with van der Waals surface area (Å²) < 4.78 is 29.2. The number of hydrogen-bond donors (Lipinski definition) is 0. The highest BCUT2D eigenvalue weighted by Crippen LogP contribution is 2.14. The molecule has 0 spiro atoms. The van der Waals surface area contributed by atoms with E-state index in [0.29, 0.717) is 17.9 Å². The second kappa shape index (κ2) is 8.95. The van der Waals surface area contributed by atoms with E-state index in [9.17, 15) is 13.6 Å². The molecule has 1 aromatic rings. The van der Waals surface area contributed by atoms with Crippen molar-refractivity contribution in [2.45, 2.75) is 6.92 Å². The third-order valence-electron chi connectivity index (χ3n) is 2.35. The van der Waals surface area contributed by atoms with Gasteiger partial charge in [0.05, 0.1) is 30.9 Å². The predicted octanol–water partition coefficient (Wildman–Crippen LogP) is 3.10. The van der Waals surface area contributed by atoms with Gasteiger partial charge in [0.1, 0.15) is 13.3 Å². The van der Waals surface area contributed by atoms with Crippen LogP contribution in [0.2, 0.25) is 0 Å². The quantitative estimate of drug-likeness (QED) is 0.419. The minimum Gasteiger partial charge on any atom is -0.462 e. The first-order valence-electron chi connectivity index (χ1n) is 6.27. The van der Waals surface area contributed by atoms with Crippen LogP contribution in [-0.2, 0) is 4.74 Å². The number of esters is 1. The average Bonchev–Trinajstić information content (AvgIpc) is 2.46. The molecule has 0 fully saturated rings. The van der Waals surface area contributed by atoms with Gasteiger partial charge < -0.3 is 4.74 Å². The zero-order valence-electron chi connectivity index (χ0n) is 11.3. The number of carbonyl (C=O) groups excluding carboxylic acids is 1. The predicted molar refractivity (Wildman–Crippen MR) is 70.4 cm³/mol. The minimum atomic E-state index is -0.624. The van der Waals surface area contributed by atoms with E-state index in [0.717, 1.165) is 0 Å². The van der Waals surface area contributed by atoms with Crippen molar-refractivity contribution in [1.82, 2.24) is 5.01 Å². The molecule has 0 saturated carbocycles. The van der Waals surface area contributed by atoms with Crippen LogP contribution in [0.3, 0.4) is 0 Å². The number of hydrogen-bond acceptors (Lipinski definition) is 4. The Bertz CT molecular complexity index is 432. The van der Waals surface area contributed by atoms with Crippen molar-refractivity contribution in [3.63, 3.8) is 0 Å². The molecule has 0 radical (unpaired) electrons. The Balaban J connectivity index is 2.66. The standard InChI is InChI=1S/C13H17F2N3O2/c1-2-20-13(19)11-3-5-12(6-4-11)16-17-18(9-7-14)10-8-15/h3-6H,2,7-10H2,1H3. The van der Waals surface area contributed by atoms with E-state index in [1.165, 1.54) is 5.01 Å². The number of benzene rings is 1. The van der Waals surface area contributed by atoms with Crippen molar-refractivity contribution < 1.29 is 18.3 Å². The van der Waals surface area contributed by atoms with E-state index >= 15 is 0 Å². The molecule has 1 aromatic carbocycles. The molecular weight excluding hydrogens is 268 g/mol. The first-order valence-corrected chi connectivity index (χ1v) is 6.27. The number of halogens is 2. The summed E-state index contributed by atoms with van der Waals surface area (Å²) in [6, 6.07) is 6.28. The van der Waals surface area contributed by atoms with Gasteiger partial charge in [0.15, 0.2) is 0 Å². The monoisotopic (exact) mass is 285 g/mol. The first kappa shape index (κ1) is 16.0. The van der Waals surface area contributed by atoms with Crippen LogP contribution < -0.4 is 0 Å². The van der Waals surface area contributed by atoms with E-state index in [-0.39, 0.29) is 13.1 Å². The van der Waals surface area contributed by atoms with Crippen molar-refractivity contribution in [1.29, 1.82) is 0 Å². The molecule has 5 nitrogen and oxygen atoms in total. The molecule has 0 saturated heterocycles. The molecule has 0 aromatic heterocycles. The third-order valence-corrected chi connectivity index (χ3v) is 2.35. The maximum absolute atomic E-state index is 12.2. The van der Waals surface area contributed by atoms with Gasteiger partial charge >= 0.3 is 5.97 Å². The summed E-state index contributed by atoms with van der Waals surface area (Å²) in [5.41, 5.74) is 0.899. The van der Waals surface area contributed by atoms with Gasteiger partial charge in [0.25, 0.3) is 0 Å². The summed E-state index contributed by atoms with van der Waals surface area (Å²) in [5, 5.41) is 8.81. The van der Waals surface area contributed by atoms with Crippen molar-refractivity contribution in [2.75, 3.05) is 33.0 Å². The second-order valence-electron chi connectivity index (χ2n) is 3.79. The van der Waals surface area contributed by atoms with Crippen molar-refractivity contribution in [2.24, 2.45) is 10.3 Å². The van der Waals surface area contributed by atoms with Crippen LogP contribution in [0.25, 0.3) is 0 Å². The Morgan fingerprint density at radius 3 is 2.30 bits per heavy atom. The van der Waals surface area contributed by atoms with Crippen LogP contribution in [0.5, 0.6) is 0 Å². The first-order chi connectivity index (χ1) is 9.71. The summed E-state index contributed by atoms with van der Waals surface area (Å²) in [7, 11) is 0. The van der Waals surface area contributed by atoms with Gasteiger partial charge in [0.2, 0.25) is 0 Å². The molecule has 0 heterocycles. The molecule has 110 valence electrons. The van der Waals surface area contributed by atoms with Crippen LogP contribution in [-0.4, -0.2) is 44.0 Å². The minimum absolute atomic E-state index is 0.00563. The molecule has 7 heteroatoms. The van der Waals surface area contributed by atoms with Gasteiger partial charge in [-0.1, -0.05) is 5.22 Å². The van der Waals surface area contributed by atoms with E-state index in [2.05, 4.69) is 10.3 Å². The van der Waals surface area contributed by atoms with Crippen LogP contribution in [0.4, 0.5) is 14.5 Å². The number of rotatable bonds is 8. The summed E-state index contributed by atoms with van der Waals surface area (Å²) in [4.78, 5) is 11.4. The number of carbonyl (C=O) groups is 1. The highest BCUT2D eigenvalue weighted by molar-refractivity contribution is 5.89. The fourth-order valence-corrected chi connectivity index (χ4v) is 1.39. The van der Waals surface area contributed by atoms with Gasteiger partial charge in [-0.25, -0.2) is 13.6 Å². The van der Waals surface area contributed by atoms with Crippen molar-refractivity contribution in [3.8, 4) is 0 Å². The lowest BCUT2D eigenvalue weighted by atomic mass is 10.2. The summed E-state index contributed by atoms with van der Waals surface area (Å²) in [6.45, 7) is 0.775. The van der Waals surface area contributed by atoms with E-state index in [4.69, 9.17) is 4.74 Å². The normalized spacial score (nSPS) is 10.8. The van der Waals surface area contributed by atoms with Gasteiger partial charge in [-0.3, -0.25) is 5.01 Å². The van der Waals surface area contributed by atoms with Gasteiger partial charge in [0, 0.05) is 0 Å². The molecule has 0 N–H and O–H groups in total. The van der Waals surface area contributed by atoms with Gasteiger partial charge in [-0.15, -0.1) is 5.11 Å². The fraction of sp³-hybridized carbons (Fsp3) is 0.462. The SMILES string of the molecule is CCOC(=O)c1ccc(N=NN(CCF)CCF)cc1. The van der Waals surface area contributed by atoms with Crippen LogP contribution in [0.1, 0.15) is 17.3 Å². The lowest BCUT2D eigenvalue weighted by Crippen LogP contribution is -2.21. The maximum Gasteiger partial charge on any atom is 0.338 e. The molecular formula is C13H17F2N3O2. The molecule has 0 amide bonds. The molecule has 1 rings (SSSR count). The average molecular weight is 285 g/mol. The fourth-order valence-electron chi connectivity index (χ4n) is 1.39. The van der Waals surface area contributed by atoms with Crippen LogP contribution in [0.15, 0.2) is 34.6 Å². The molecule has 0 aliphatic heterocycles. The maximum atomic E-state index is 12.2.